The SMILES string of the molecule is CC(NCc1coc(-c2ccccc2)n1)C(=O)O. The van der Waals surface area contributed by atoms with Crippen LogP contribution in [0.25, 0.3) is 11.5 Å². The summed E-state index contributed by atoms with van der Waals surface area (Å²) in [6, 6.07) is 8.94. The van der Waals surface area contributed by atoms with Crippen LogP contribution >= 0.6 is 0 Å². The lowest BCUT2D eigenvalue weighted by molar-refractivity contribution is -0.139. The third-order valence-electron chi connectivity index (χ3n) is 2.53. The van der Waals surface area contributed by atoms with Crippen molar-refractivity contribution in [1.29, 1.82) is 0 Å². The van der Waals surface area contributed by atoms with Gasteiger partial charge in [0.25, 0.3) is 0 Å². The van der Waals surface area contributed by atoms with Crippen molar-refractivity contribution in [2.24, 2.45) is 0 Å². The minimum absolute atomic E-state index is 0.365. The van der Waals surface area contributed by atoms with Gasteiger partial charge in [0.15, 0.2) is 0 Å². The van der Waals surface area contributed by atoms with E-state index in [1.54, 1.807) is 6.92 Å². The maximum atomic E-state index is 10.6. The molecule has 0 fully saturated rings. The number of nitrogens with one attached hydrogen (secondary N) is 1. The van der Waals surface area contributed by atoms with E-state index in [9.17, 15) is 4.79 Å². The molecule has 5 heteroatoms. The van der Waals surface area contributed by atoms with Crippen LogP contribution in [0.4, 0.5) is 0 Å². The van der Waals surface area contributed by atoms with E-state index in [-0.39, 0.29) is 0 Å². The number of hydrogen-bond donors (Lipinski definition) is 2. The van der Waals surface area contributed by atoms with Crippen molar-refractivity contribution in [3.8, 4) is 11.5 Å². The maximum Gasteiger partial charge on any atom is 0.320 e. The van der Waals surface area contributed by atoms with E-state index < -0.39 is 12.0 Å². The average Bonchev–Trinajstić information content (AvgIpc) is 2.85. The number of hydrogen-bond acceptors (Lipinski definition) is 4. The van der Waals surface area contributed by atoms with Gasteiger partial charge in [0.05, 0.1) is 5.69 Å². The second-order valence-electron chi connectivity index (χ2n) is 3.95. The van der Waals surface area contributed by atoms with Gasteiger partial charge in [-0.25, -0.2) is 4.98 Å². The highest BCUT2D eigenvalue weighted by atomic mass is 16.4. The van der Waals surface area contributed by atoms with Crippen molar-refractivity contribution in [2.45, 2.75) is 19.5 Å². The molecule has 94 valence electrons. The van der Waals surface area contributed by atoms with Gasteiger partial charge in [-0.05, 0) is 19.1 Å². The monoisotopic (exact) mass is 246 g/mol. The van der Waals surface area contributed by atoms with E-state index in [1.165, 1.54) is 6.26 Å². The first-order valence-corrected chi connectivity index (χ1v) is 5.63. The van der Waals surface area contributed by atoms with Gasteiger partial charge in [-0.3, -0.25) is 10.1 Å². The van der Waals surface area contributed by atoms with Crippen LogP contribution in [0.2, 0.25) is 0 Å². The summed E-state index contributed by atoms with van der Waals surface area (Å²) in [6.07, 6.45) is 1.53. The summed E-state index contributed by atoms with van der Waals surface area (Å²) in [5.41, 5.74) is 1.58. The summed E-state index contributed by atoms with van der Waals surface area (Å²) in [5.74, 6) is -0.350. The highest BCUT2D eigenvalue weighted by Crippen LogP contribution is 2.17. The molecule has 0 aliphatic carbocycles. The molecule has 0 spiro atoms. The lowest BCUT2D eigenvalue weighted by atomic mass is 10.2. The summed E-state index contributed by atoms with van der Waals surface area (Å²) in [5, 5.41) is 11.6. The number of aromatic nitrogens is 1. The Hall–Kier alpha value is -2.14. The third kappa shape index (κ3) is 2.95. The molecule has 0 aliphatic heterocycles. The molecule has 0 saturated heterocycles. The first kappa shape index (κ1) is 12.3. The Balaban J connectivity index is 2.01. The van der Waals surface area contributed by atoms with Crippen LogP contribution in [-0.4, -0.2) is 22.1 Å². The van der Waals surface area contributed by atoms with E-state index in [0.717, 1.165) is 5.56 Å². The number of aliphatic carboxylic acids is 1. The Bertz CT molecular complexity index is 522. The predicted octanol–water partition coefficient (Wildman–Crippen LogP) is 1.90. The number of nitrogens with zero attached hydrogens (tertiary/aromatic N) is 1. The van der Waals surface area contributed by atoms with Crippen molar-refractivity contribution < 1.29 is 14.3 Å². The van der Waals surface area contributed by atoms with Gasteiger partial charge in [-0.1, -0.05) is 18.2 Å². The summed E-state index contributed by atoms with van der Waals surface area (Å²) in [4.78, 5) is 14.9. The number of carbonyl (C=O) groups is 1. The number of benzene rings is 1. The molecule has 1 atom stereocenters. The maximum absolute atomic E-state index is 10.6. The number of carboxylic acids is 1. The van der Waals surface area contributed by atoms with Crippen molar-refractivity contribution >= 4 is 5.97 Å². The number of rotatable bonds is 5. The molecule has 0 bridgehead atoms. The molecule has 18 heavy (non-hydrogen) atoms. The lowest BCUT2D eigenvalue weighted by Gasteiger charge is -2.05. The van der Waals surface area contributed by atoms with Crippen molar-refractivity contribution in [3.63, 3.8) is 0 Å². The van der Waals surface area contributed by atoms with Gasteiger partial charge in [0, 0.05) is 12.1 Å². The Morgan fingerprint density at radius 3 is 2.83 bits per heavy atom. The molecule has 1 unspecified atom stereocenters. The predicted molar refractivity (Wildman–Crippen MR) is 65.9 cm³/mol. The molecule has 0 amide bonds. The number of oxazole rings is 1. The van der Waals surface area contributed by atoms with Gasteiger partial charge in [-0.15, -0.1) is 0 Å². The molecular formula is C13H14N2O3. The quantitative estimate of drug-likeness (QED) is 0.842. The first-order chi connectivity index (χ1) is 8.66. The molecule has 2 rings (SSSR count). The van der Waals surface area contributed by atoms with E-state index in [0.29, 0.717) is 18.1 Å². The highest BCUT2D eigenvalue weighted by molar-refractivity contribution is 5.72. The molecule has 1 aromatic carbocycles. The van der Waals surface area contributed by atoms with Gasteiger partial charge >= 0.3 is 5.97 Å². The fraction of sp³-hybridized carbons (Fsp3) is 0.231. The molecule has 2 N–H and O–H groups in total. The zero-order valence-corrected chi connectivity index (χ0v) is 9.96. The van der Waals surface area contributed by atoms with Gasteiger partial charge in [-0.2, -0.15) is 0 Å². The fourth-order valence-electron chi connectivity index (χ4n) is 1.45. The smallest absolute Gasteiger partial charge is 0.320 e. The van der Waals surface area contributed by atoms with Gasteiger partial charge < -0.3 is 9.52 Å². The van der Waals surface area contributed by atoms with E-state index in [1.807, 2.05) is 30.3 Å². The molecular weight excluding hydrogens is 232 g/mol. The van der Waals surface area contributed by atoms with Gasteiger partial charge in [0.1, 0.15) is 12.3 Å². The summed E-state index contributed by atoms with van der Waals surface area (Å²) in [6.45, 7) is 1.95. The van der Waals surface area contributed by atoms with Crippen LogP contribution in [0.1, 0.15) is 12.6 Å². The standard InChI is InChI=1S/C13H14N2O3/c1-9(13(16)17)14-7-11-8-18-12(15-11)10-5-3-2-4-6-10/h2-6,8-9,14H,7H2,1H3,(H,16,17). The third-order valence-corrected chi connectivity index (χ3v) is 2.53. The van der Waals surface area contributed by atoms with Crippen LogP contribution in [0, 0.1) is 0 Å². The normalized spacial score (nSPS) is 12.3. The molecule has 0 saturated carbocycles. The van der Waals surface area contributed by atoms with E-state index in [4.69, 9.17) is 9.52 Å². The fourth-order valence-corrected chi connectivity index (χ4v) is 1.45. The van der Waals surface area contributed by atoms with Gasteiger partial charge in [0.2, 0.25) is 5.89 Å². The van der Waals surface area contributed by atoms with Crippen molar-refractivity contribution in [1.82, 2.24) is 10.3 Å². The minimum atomic E-state index is -0.887. The van der Waals surface area contributed by atoms with E-state index in [2.05, 4.69) is 10.3 Å². The van der Waals surface area contributed by atoms with E-state index >= 15 is 0 Å². The second kappa shape index (κ2) is 5.46. The van der Waals surface area contributed by atoms with Crippen LogP contribution in [0.15, 0.2) is 41.0 Å². The Morgan fingerprint density at radius 1 is 1.44 bits per heavy atom. The summed E-state index contributed by atoms with van der Waals surface area (Å²) in [7, 11) is 0. The Labute approximate surface area is 104 Å². The van der Waals surface area contributed by atoms with Crippen LogP contribution in [0.3, 0.4) is 0 Å². The molecule has 1 heterocycles. The molecule has 5 nitrogen and oxygen atoms in total. The summed E-state index contributed by atoms with van der Waals surface area (Å²) < 4.78 is 5.34. The zero-order chi connectivity index (χ0) is 13.0. The minimum Gasteiger partial charge on any atom is -0.480 e. The van der Waals surface area contributed by atoms with Crippen molar-refractivity contribution in [3.05, 3.63) is 42.3 Å². The average molecular weight is 246 g/mol. The van der Waals surface area contributed by atoms with Crippen LogP contribution < -0.4 is 5.32 Å². The molecule has 0 radical (unpaired) electrons. The number of carboxylic acid groups (broad SMARTS) is 1. The molecule has 2 aromatic rings. The first-order valence-electron chi connectivity index (χ1n) is 5.63. The molecule has 1 aromatic heterocycles. The Morgan fingerprint density at radius 2 is 2.17 bits per heavy atom. The second-order valence-corrected chi connectivity index (χ2v) is 3.95. The largest absolute Gasteiger partial charge is 0.480 e. The summed E-state index contributed by atoms with van der Waals surface area (Å²) >= 11 is 0. The van der Waals surface area contributed by atoms with Crippen molar-refractivity contribution in [2.75, 3.05) is 0 Å². The van der Waals surface area contributed by atoms with Crippen LogP contribution in [-0.2, 0) is 11.3 Å². The lowest BCUT2D eigenvalue weighted by Crippen LogP contribution is -2.33. The zero-order valence-electron chi connectivity index (χ0n) is 9.96. The highest BCUT2D eigenvalue weighted by Gasteiger charge is 2.11. The van der Waals surface area contributed by atoms with Crippen LogP contribution in [0.5, 0.6) is 0 Å². The Kier molecular flexibility index (Phi) is 3.74. The molecule has 0 aliphatic rings. The topological polar surface area (TPSA) is 75.4 Å².